The molecule has 1 fully saturated rings. The first-order valence-corrected chi connectivity index (χ1v) is 12.1. The van der Waals surface area contributed by atoms with Gasteiger partial charge in [-0.25, -0.2) is 4.31 Å². The van der Waals surface area contributed by atoms with Crippen molar-refractivity contribution in [1.29, 1.82) is 0 Å². The molecule has 0 spiro atoms. The molecule has 9 nitrogen and oxygen atoms in total. The maximum atomic E-state index is 13.2. The van der Waals surface area contributed by atoms with E-state index in [2.05, 4.69) is 20.9 Å². The first-order valence-electron chi connectivity index (χ1n) is 10.7. The smallest absolute Gasteiger partial charge is 0.345 e. The van der Waals surface area contributed by atoms with Crippen molar-refractivity contribution < 1.29 is 13.5 Å². The van der Waals surface area contributed by atoms with Crippen LogP contribution in [-0.4, -0.2) is 55.3 Å². The number of likely N-dealkylation sites (tertiary alicyclic amines) is 1. The maximum absolute atomic E-state index is 13.2. The fourth-order valence-corrected chi connectivity index (χ4v) is 6.33. The van der Waals surface area contributed by atoms with Crippen LogP contribution < -0.4 is 14.7 Å². The molecule has 0 atom stereocenters. The van der Waals surface area contributed by atoms with Crippen molar-refractivity contribution in [2.45, 2.75) is 44.6 Å². The molecule has 1 aromatic carbocycles. The number of rotatable bonds is 5. The Balaban J connectivity index is 1.47. The minimum atomic E-state index is -4.23. The van der Waals surface area contributed by atoms with E-state index in [1.807, 2.05) is 11.9 Å². The lowest BCUT2D eigenvalue weighted by molar-refractivity contribution is -0.213. The van der Waals surface area contributed by atoms with E-state index in [9.17, 15) is 13.5 Å². The number of nitrogens with one attached hydrogen (secondary N) is 1. The van der Waals surface area contributed by atoms with E-state index >= 15 is 0 Å². The largest absolute Gasteiger partial charge is 0.845 e. The van der Waals surface area contributed by atoms with Crippen LogP contribution in [0.25, 0.3) is 0 Å². The van der Waals surface area contributed by atoms with Gasteiger partial charge < -0.3 is 15.3 Å². The van der Waals surface area contributed by atoms with Gasteiger partial charge in [-0.2, -0.15) is 13.5 Å². The highest BCUT2D eigenvalue weighted by Crippen LogP contribution is 2.38. The molecule has 0 bridgehead atoms. The van der Waals surface area contributed by atoms with Crippen LogP contribution in [-0.2, 0) is 42.9 Å². The Hall–Kier alpha value is -2.59. The number of aromatic nitrogens is 2. The summed E-state index contributed by atoms with van der Waals surface area (Å²) in [5, 5.41) is 19.8. The summed E-state index contributed by atoms with van der Waals surface area (Å²) in [7, 11) is -0.581. The first-order chi connectivity index (χ1) is 14.8. The highest BCUT2D eigenvalue weighted by atomic mass is 32.2. The summed E-state index contributed by atoms with van der Waals surface area (Å²) in [5.74, 6) is 0. The quantitative estimate of drug-likeness (QED) is 0.536. The molecule has 0 radical (unpaired) electrons. The van der Waals surface area contributed by atoms with E-state index in [-0.39, 0.29) is 6.04 Å². The van der Waals surface area contributed by atoms with Gasteiger partial charge in [0.1, 0.15) is 0 Å². The third kappa shape index (κ3) is 3.67. The molecule has 166 valence electrons. The number of amidine groups is 1. The number of hydrogen-bond donors (Lipinski definition) is 1. The standard InChI is InChI=1S/C21H28N6O3S/c1-25-11-17(12-25)27(16-10-22-26(2)13-16)31(29,30)24-21(28)23-20-18-7-3-5-14(18)9-15-6-4-8-19(15)20/h9-10,13,17H,3-8,11-12H2,1-2H3,(H2,23,24,28)/p-1. The Bertz CT molecular complexity index is 1120. The second kappa shape index (κ2) is 7.52. The van der Waals surface area contributed by atoms with Gasteiger partial charge in [0.25, 0.3) is 0 Å². The minimum absolute atomic E-state index is 0.277. The predicted octanol–water partition coefficient (Wildman–Crippen LogP) is 0.591. The third-order valence-corrected chi connectivity index (χ3v) is 7.88. The van der Waals surface area contributed by atoms with E-state index in [0.717, 1.165) is 55.3 Å². The molecule has 1 aliphatic heterocycles. The molecule has 2 aliphatic carbocycles. The van der Waals surface area contributed by atoms with Crippen LogP contribution in [0.3, 0.4) is 0 Å². The molecule has 0 unspecified atom stereocenters. The van der Waals surface area contributed by atoms with E-state index in [1.54, 1.807) is 13.2 Å². The van der Waals surface area contributed by atoms with E-state index in [4.69, 9.17) is 0 Å². The Morgan fingerprint density at radius 3 is 2.35 bits per heavy atom. The van der Waals surface area contributed by atoms with Gasteiger partial charge in [0.15, 0.2) is 0 Å². The maximum Gasteiger partial charge on any atom is 0.345 e. The lowest BCUT2D eigenvalue weighted by Crippen LogP contribution is -2.59. The summed E-state index contributed by atoms with van der Waals surface area (Å²) in [6.07, 6.45) is 9.04. The van der Waals surface area contributed by atoms with Crippen molar-refractivity contribution in [3.05, 3.63) is 40.7 Å². The van der Waals surface area contributed by atoms with Crippen LogP contribution in [0.4, 0.5) is 11.4 Å². The van der Waals surface area contributed by atoms with Crippen LogP contribution >= 0.6 is 0 Å². The Morgan fingerprint density at radius 1 is 1.16 bits per heavy atom. The average molecular weight is 444 g/mol. The van der Waals surface area contributed by atoms with Crippen molar-refractivity contribution in [2.75, 3.05) is 29.8 Å². The molecular formula is C21H27N6O3S-. The molecular weight excluding hydrogens is 416 g/mol. The van der Waals surface area contributed by atoms with Crippen LogP contribution in [0.2, 0.25) is 0 Å². The summed E-state index contributed by atoms with van der Waals surface area (Å²) in [4.78, 5) is 2.01. The normalized spacial score (nSPS) is 19.2. The monoisotopic (exact) mass is 443 g/mol. The van der Waals surface area contributed by atoms with Gasteiger partial charge in [-0.15, -0.1) is 4.40 Å². The lowest BCUT2D eigenvalue weighted by atomic mass is 9.99. The van der Waals surface area contributed by atoms with E-state index in [0.29, 0.717) is 18.8 Å². The minimum Gasteiger partial charge on any atom is -0.845 e. The van der Waals surface area contributed by atoms with Crippen molar-refractivity contribution in [2.24, 2.45) is 11.4 Å². The second-order valence-corrected chi connectivity index (χ2v) is 10.2. The summed E-state index contributed by atoms with van der Waals surface area (Å²) in [5.41, 5.74) is 6.04. The molecule has 1 aromatic heterocycles. The van der Waals surface area contributed by atoms with Crippen LogP contribution in [0.1, 0.15) is 35.1 Å². The summed E-state index contributed by atoms with van der Waals surface area (Å²) in [6.45, 7) is 1.15. The third-order valence-electron chi connectivity index (χ3n) is 6.47. The Kier molecular flexibility index (Phi) is 4.93. The number of anilines is 2. The summed E-state index contributed by atoms with van der Waals surface area (Å²) >= 11 is 0. The van der Waals surface area contributed by atoms with Crippen molar-refractivity contribution in [3.63, 3.8) is 0 Å². The van der Waals surface area contributed by atoms with E-state index in [1.165, 1.54) is 26.3 Å². The molecule has 2 heterocycles. The SMILES string of the molecule is CN1CC(N(c2cnn(C)c2)S(=O)(=O)/N=C(\[O-])Nc2c3c(cc4c2CCC4)CCC3)C1. The highest BCUT2D eigenvalue weighted by molar-refractivity contribution is 7.91. The van der Waals surface area contributed by atoms with Gasteiger partial charge in [0, 0.05) is 32.0 Å². The first kappa shape index (κ1) is 20.3. The van der Waals surface area contributed by atoms with Crippen LogP contribution in [0, 0.1) is 0 Å². The predicted molar refractivity (Wildman–Crippen MR) is 117 cm³/mol. The zero-order chi connectivity index (χ0) is 21.8. The number of aryl methyl sites for hydroxylation is 3. The number of likely N-dealkylation sites (N-methyl/N-ethyl adjacent to an activating group) is 1. The molecule has 10 heteroatoms. The average Bonchev–Trinajstić information content (AvgIpc) is 3.40. The zero-order valence-corrected chi connectivity index (χ0v) is 18.7. The number of fused-ring (bicyclic) bond motifs is 2. The molecule has 5 rings (SSSR count). The molecule has 3 aliphatic rings. The van der Waals surface area contributed by atoms with Crippen molar-refractivity contribution >= 4 is 27.6 Å². The van der Waals surface area contributed by atoms with Gasteiger partial charge in [0.05, 0.1) is 23.9 Å². The highest BCUT2D eigenvalue weighted by Gasteiger charge is 2.37. The summed E-state index contributed by atoms with van der Waals surface area (Å²) < 4.78 is 32.8. The van der Waals surface area contributed by atoms with E-state index < -0.39 is 16.2 Å². The zero-order valence-electron chi connectivity index (χ0n) is 17.8. The fraction of sp³-hybridized carbons (Fsp3) is 0.524. The molecule has 31 heavy (non-hydrogen) atoms. The van der Waals surface area contributed by atoms with Gasteiger partial charge in [-0.1, -0.05) is 6.07 Å². The van der Waals surface area contributed by atoms with Gasteiger partial charge in [0.2, 0.25) is 0 Å². The topological polar surface area (TPSA) is 106 Å². The van der Waals surface area contributed by atoms with Crippen molar-refractivity contribution in [1.82, 2.24) is 14.7 Å². The molecule has 1 saturated heterocycles. The van der Waals surface area contributed by atoms with Crippen LogP contribution in [0.5, 0.6) is 0 Å². The number of nitrogens with zero attached hydrogens (tertiary/aromatic N) is 5. The molecule has 0 saturated carbocycles. The second-order valence-electron chi connectivity index (χ2n) is 8.78. The number of benzene rings is 1. The van der Waals surface area contributed by atoms with Gasteiger partial charge >= 0.3 is 10.2 Å². The molecule has 0 amide bonds. The number of hydrogen-bond acceptors (Lipinski definition) is 5. The summed E-state index contributed by atoms with van der Waals surface area (Å²) in [6, 6.07) is 1.16. The van der Waals surface area contributed by atoms with Gasteiger partial charge in [-0.3, -0.25) is 4.68 Å². The Morgan fingerprint density at radius 2 is 1.81 bits per heavy atom. The van der Waals surface area contributed by atoms with Gasteiger partial charge in [-0.05, 0) is 67.8 Å². The fourth-order valence-electron chi connectivity index (χ4n) is 5.11. The van der Waals surface area contributed by atoms with Crippen LogP contribution in [0.15, 0.2) is 22.9 Å². The van der Waals surface area contributed by atoms with Crippen molar-refractivity contribution in [3.8, 4) is 0 Å². The Labute approximate surface area is 182 Å². The molecule has 1 N–H and O–H groups in total. The molecule has 2 aromatic rings. The lowest BCUT2D eigenvalue weighted by Gasteiger charge is -2.42.